The average molecular weight is 379 g/mol. The Morgan fingerprint density at radius 2 is 2.04 bits per heavy atom. The number of nitrogens with one attached hydrogen (secondary N) is 2. The molecule has 0 aliphatic heterocycles. The summed E-state index contributed by atoms with van der Waals surface area (Å²) >= 11 is 3.45. The molecular formula is C16H19BrN4O2. The summed E-state index contributed by atoms with van der Waals surface area (Å²) in [5.74, 6) is 0.137. The second kappa shape index (κ2) is 8.03. The number of amides is 1. The van der Waals surface area contributed by atoms with Gasteiger partial charge in [0, 0.05) is 29.5 Å². The Hall–Kier alpha value is -1.99. The maximum atomic E-state index is 12.4. The van der Waals surface area contributed by atoms with Crippen LogP contribution in [-0.4, -0.2) is 36.1 Å². The number of rotatable bonds is 6. The van der Waals surface area contributed by atoms with Gasteiger partial charge in [-0.25, -0.2) is 9.97 Å². The molecule has 0 fully saturated rings. The third-order valence-electron chi connectivity index (χ3n) is 3.11. The third-order valence-corrected chi connectivity index (χ3v) is 3.96. The first-order chi connectivity index (χ1) is 11.0. The van der Waals surface area contributed by atoms with Gasteiger partial charge in [0.05, 0.1) is 6.61 Å². The molecule has 7 heteroatoms. The molecule has 1 aromatic carbocycles. The number of methoxy groups -OCH3 is 1. The van der Waals surface area contributed by atoms with Gasteiger partial charge in [-0.1, -0.05) is 22.0 Å². The maximum Gasteiger partial charge on any atom is 0.274 e. The molecule has 0 radical (unpaired) electrons. The van der Waals surface area contributed by atoms with Gasteiger partial charge in [-0.15, -0.1) is 0 Å². The van der Waals surface area contributed by atoms with Gasteiger partial charge in [0.25, 0.3) is 5.91 Å². The Morgan fingerprint density at radius 3 is 2.74 bits per heavy atom. The molecule has 2 rings (SSSR count). The second-order valence-corrected chi connectivity index (χ2v) is 5.91. The van der Waals surface area contributed by atoms with Crippen molar-refractivity contribution in [2.24, 2.45) is 0 Å². The summed E-state index contributed by atoms with van der Waals surface area (Å²) < 4.78 is 5.91. The number of anilines is 2. The van der Waals surface area contributed by atoms with Crippen LogP contribution in [0.3, 0.4) is 0 Å². The maximum absolute atomic E-state index is 12.4. The number of aromatic nitrogens is 2. The monoisotopic (exact) mass is 378 g/mol. The Morgan fingerprint density at radius 1 is 1.26 bits per heavy atom. The van der Waals surface area contributed by atoms with Crippen LogP contribution in [0.1, 0.15) is 21.7 Å². The molecule has 23 heavy (non-hydrogen) atoms. The van der Waals surface area contributed by atoms with E-state index in [1.54, 1.807) is 13.2 Å². The lowest BCUT2D eigenvalue weighted by molar-refractivity contribution is 0.102. The highest BCUT2D eigenvalue weighted by Gasteiger charge is 2.11. The van der Waals surface area contributed by atoms with E-state index in [9.17, 15) is 4.79 Å². The number of hydrogen-bond acceptors (Lipinski definition) is 5. The number of halogens is 1. The summed E-state index contributed by atoms with van der Waals surface area (Å²) in [5.41, 5.74) is 2.84. The fourth-order valence-electron chi connectivity index (χ4n) is 1.89. The fourth-order valence-corrected chi connectivity index (χ4v) is 2.27. The Balaban J connectivity index is 2.13. The van der Waals surface area contributed by atoms with Crippen molar-refractivity contribution >= 4 is 33.5 Å². The van der Waals surface area contributed by atoms with E-state index in [4.69, 9.17) is 4.74 Å². The highest BCUT2D eigenvalue weighted by Crippen LogP contribution is 2.21. The van der Waals surface area contributed by atoms with E-state index in [-0.39, 0.29) is 5.91 Å². The number of nitrogens with zero attached hydrogens (tertiary/aromatic N) is 2. The quantitative estimate of drug-likeness (QED) is 0.754. The van der Waals surface area contributed by atoms with Crippen molar-refractivity contribution in [1.82, 2.24) is 9.97 Å². The van der Waals surface area contributed by atoms with Crippen LogP contribution in [0.5, 0.6) is 0 Å². The summed E-state index contributed by atoms with van der Waals surface area (Å²) in [6, 6.07) is 7.30. The average Bonchev–Trinajstić information content (AvgIpc) is 2.51. The minimum atomic E-state index is -0.277. The number of aryl methyl sites for hydroxylation is 2. The highest BCUT2D eigenvalue weighted by atomic mass is 79.9. The zero-order chi connectivity index (χ0) is 16.8. The van der Waals surface area contributed by atoms with Gasteiger partial charge in [0.2, 0.25) is 5.95 Å². The van der Waals surface area contributed by atoms with Gasteiger partial charge in [0.1, 0.15) is 5.69 Å². The summed E-state index contributed by atoms with van der Waals surface area (Å²) in [5, 5.41) is 5.86. The zero-order valence-electron chi connectivity index (χ0n) is 13.3. The molecule has 2 aromatic rings. The largest absolute Gasteiger partial charge is 0.383 e. The van der Waals surface area contributed by atoms with E-state index < -0.39 is 0 Å². The second-order valence-electron chi connectivity index (χ2n) is 5.06. The fraction of sp³-hybridized carbons (Fsp3) is 0.312. The number of carbonyl (C=O) groups is 1. The van der Waals surface area contributed by atoms with Crippen LogP contribution in [0.4, 0.5) is 11.6 Å². The molecule has 1 amide bonds. The highest BCUT2D eigenvalue weighted by molar-refractivity contribution is 9.10. The first-order valence-corrected chi connectivity index (χ1v) is 7.95. The molecule has 0 unspecified atom stereocenters. The topological polar surface area (TPSA) is 76.1 Å². The van der Waals surface area contributed by atoms with Gasteiger partial charge < -0.3 is 15.4 Å². The number of hydrogen-bond donors (Lipinski definition) is 2. The predicted molar refractivity (Wildman–Crippen MR) is 94.0 cm³/mol. The van der Waals surface area contributed by atoms with E-state index in [1.165, 1.54) is 0 Å². The molecule has 2 N–H and O–H groups in total. The first-order valence-electron chi connectivity index (χ1n) is 7.15. The molecule has 0 bridgehead atoms. The smallest absolute Gasteiger partial charge is 0.274 e. The minimum Gasteiger partial charge on any atom is -0.383 e. The van der Waals surface area contributed by atoms with E-state index >= 15 is 0 Å². The normalized spacial score (nSPS) is 10.4. The van der Waals surface area contributed by atoms with Crippen LogP contribution in [-0.2, 0) is 4.74 Å². The molecule has 0 spiro atoms. The van der Waals surface area contributed by atoms with Crippen molar-refractivity contribution in [1.29, 1.82) is 0 Å². The molecule has 122 valence electrons. The molecule has 6 nitrogen and oxygen atoms in total. The third kappa shape index (κ3) is 5.01. The summed E-state index contributed by atoms with van der Waals surface area (Å²) in [4.78, 5) is 20.9. The lowest BCUT2D eigenvalue weighted by atomic mass is 10.2. The summed E-state index contributed by atoms with van der Waals surface area (Å²) in [6.07, 6.45) is 0. The number of ether oxygens (including phenoxy) is 1. The molecule has 0 saturated carbocycles. The van der Waals surface area contributed by atoms with Gasteiger partial charge in [-0.05, 0) is 37.6 Å². The summed E-state index contributed by atoms with van der Waals surface area (Å²) in [6.45, 7) is 4.92. The minimum absolute atomic E-state index is 0.277. The Labute approximate surface area is 143 Å². The van der Waals surface area contributed by atoms with Crippen molar-refractivity contribution < 1.29 is 9.53 Å². The summed E-state index contributed by atoms with van der Waals surface area (Å²) in [7, 11) is 1.62. The Bertz CT molecular complexity index is 706. The van der Waals surface area contributed by atoms with Gasteiger partial charge in [-0.2, -0.15) is 0 Å². The van der Waals surface area contributed by atoms with Crippen LogP contribution in [0, 0.1) is 13.8 Å². The van der Waals surface area contributed by atoms with Crippen molar-refractivity contribution in [3.63, 3.8) is 0 Å². The Kier molecular flexibility index (Phi) is 6.06. The lowest BCUT2D eigenvalue weighted by Crippen LogP contribution is -2.17. The molecule has 0 atom stereocenters. The van der Waals surface area contributed by atoms with Crippen LogP contribution in [0.25, 0.3) is 0 Å². The first kappa shape index (κ1) is 17.4. The standard InChI is InChI=1S/C16H19BrN4O2/c1-10-4-5-12(9-13(10)17)20-15(22)14-8-11(2)19-16(21-14)18-6-7-23-3/h4-5,8-9H,6-7H2,1-3H3,(H,20,22)(H,18,19,21). The van der Waals surface area contributed by atoms with Crippen molar-refractivity contribution in [2.45, 2.75) is 13.8 Å². The lowest BCUT2D eigenvalue weighted by Gasteiger charge is -2.09. The number of carbonyl (C=O) groups excluding carboxylic acids is 1. The van der Waals surface area contributed by atoms with Crippen LogP contribution in [0.2, 0.25) is 0 Å². The molecule has 1 aromatic heterocycles. The molecule has 0 aliphatic rings. The van der Waals surface area contributed by atoms with Gasteiger partial charge in [0.15, 0.2) is 0 Å². The zero-order valence-corrected chi connectivity index (χ0v) is 14.9. The molecule has 0 saturated heterocycles. The van der Waals surface area contributed by atoms with Gasteiger partial charge >= 0.3 is 0 Å². The van der Waals surface area contributed by atoms with Crippen molar-refractivity contribution in [2.75, 3.05) is 30.9 Å². The van der Waals surface area contributed by atoms with Crippen LogP contribution >= 0.6 is 15.9 Å². The van der Waals surface area contributed by atoms with Crippen LogP contribution in [0.15, 0.2) is 28.7 Å². The van der Waals surface area contributed by atoms with Crippen molar-refractivity contribution in [3.05, 3.63) is 45.7 Å². The van der Waals surface area contributed by atoms with E-state index in [1.807, 2.05) is 32.0 Å². The van der Waals surface area contributed by atoms with E-state index in [0.29, 0.717) is 30.5 Å². The molecule has 0 aliphatic carbocycles. The number of benzene rings is 1. The SMILES string of the molecule is COCCNc1nc(C)cc(C(=O)Nc2ccc(C)c(Br)c2)n1. The van der Waals surface area contributed by atoms with Gasteiger partial charge in [-0.3, -0.25) is 4.79 Å². The van der Waals surface area contributed by atoms with Crippen LogP contribution < -0.4 is 10.6 Å². The molecular weight excluding hydrogens is 360 g/mol. The predicted octanol–water partition coefficient (Wildman–Crippen LogP) is 3.17. The van der Waals surface area contributed by atoms with E-state index in [2.05, 4.69) is 36.5 Å². The molecule has 1 heterocycles. The van der Waals surface area contributed by atoms with Crippen molar-refractivity contribution in [3.8, 4) is 0 Å². The van der Waals surface area contributed by atoms with E-state index in [0.717, 1.165) is 15.7 Å².